The topological polar surface area (TPSA) is 70.1 Å². The Morgan fingerprint density at radius 2 is 2.00 bits per heavy atom. The van der Waals surface area contributed by atoms with Crippen molar-refractivity contribution in [2.75, 3.05) is 0 Å². The van der Waals surface area contributed by atoms with Crippen molar-refractivity contribution in [3.8, 4) is 11.3 Å². The van der Waals surface area contributed by atoms with Gasteiger partial charge in [-0.25, -0.2) is 5.43 Å². The number of hydrazone groups is 1. The van der Waals surface area contributed by atoms with Gasteiger partial charge in [0.05, 0.1) is 11.4 Å². The van der Waals surface area contributed by atoms with Gasteiger partial charge in [-0.1, -0.05) is 36.4 Å². The van der Waals surface area contributed by atoms with Crippen LogP contribution >= 0.6 is 11.3 Å². The molecule has 2 N–H and O–H groups in total. The van der Waals surface area contributed by atoms with Crippen molar-refractivity contribution in [1.82, 2.24) is 15.6 Å². The first-order chi connectivity index (χ1) is 11.2. The third-order valence-electron chi connectivity index (χ3n) is 3.49. The second-order valence-electron chi connectivity index (χ2n) is 5.05. The van der Waals surface area contributed by atoms with Gasteiger partial charge in [0.1, 0.15) is 5.69 Å². The molecule has 0 saturated heterocycles. The van der Waals surface area contributed by atoms with E-state index in [1.54, 1.807) is 11.3 Å². The number of thiophene rings is 1. The molecule has 23 heavy (non-hydrogen) atoms. The van der Waals surface area contributed by atoms with Crippen molar-refractivity contribution in [3.05, 3.63) is 64.0 Å². The molecule has 0 saturated carbocycles. The average molecular weight is 324 g/mol. The normalized spacial score (nSPS) is 11.5. The number of carbonyl (C=O) groups is 1. The molecule has 1 amide bonds. The van der Waals surface area contributed by atoms with Gasteiger partial charge in [-0.3, -0.25) is 9.89 Å². The number of nitrogens with zero attached hydrogens (tertiary/aromatic N) is 2. The highest BCUT2D eigenvalue weighted by atomic mass is 32.1. The minimum absolute atomic E-state index is 0.298. The lowest BCUT2D eigenvalue weighted by Gasteiger charge is -2.01. The molecule has 3 rings (SSSR count). The molecule has 6 heteroatoms. The van der Waals surface area contributed by atoms with Gasteiger partial charge in [-0.2, -0.15) is 10.2 Å². The zero-order valence-electron chi connectivity index (χ0n) is 12.8. The number of rotatable bonds is 4. The SMILES string of the molecule is CC(=NNC(=O)c1[nH]nc(-c2ccccc2)c1C)c1cccs1. The largest absolute Gasteiger partial charge is 0.289 e. The van der Waals surface area contributed by atoms with E-state index in [0.29, 0.717) is 5.69 Å². The van der Waals surface area contributed by atoms with Crippen LogP contribution in [0.15, 0.2) is 52.9 Å². The quantitative estimate of drug-likeness (QED) is 0.568. The predicted octanol–water partition coefficient (Wildman–Crippen LogP) is 3.60. The molecule has 0 spiro atoms. The summed E-state index contributed by atoms with van der Waals surface area (Å²) >= 11 is 1.58. The van der Waals surface area contributed by atoms with Gasteiger partial charge in [0.25, 0.3) is 5.91 Å². The van der Waals surface area contributed by atoms with Crippen LogP contribution in [0.2, 0.25) is 0 Å². The molecule has 0 aliphatic heterocycles. The summed E-state index contributed by atoms with van der Waals surface area (Å²) in [6.45, 7) is 3.73. The fourth-order valence-electron chi connectivity index (χ4n) is 2.23. The summed E-state index contributed by atoms with van der Waals surface area (Å²) in [7, 11) is 0. The minimum atomic E-state index is -0.298. The van der Waals surface area contributed by atoms with E-state index in [9.17, 15) is 4.79 Å². The first-order valence-corrected chi connectivity index (χ1v) is 8.03. The van der Waals surface area contributed by atoms with Gasteiger partial charge >= 0.3 is 0 Å². The molecule has 1 aromatic carbocycles. The van der Waals surface area contributed by atoms with Gasteiger partial charge in [0, 0.05) is 16.0 Å². The smallest absolute Gasteiger partial charge is 0.272 e. The summed E-state index contributed by atoms with van der Waals surface area (Å²) < 4.78 is 0. The van der Waals surface area contributed by atoms with E-state index in [-0.39, 0.29) is 5.91 Å². The molecular formula is C17H16N4OS. The zero-order chi connectivity index (χ0) is 16.2. The van der Waals surface area contributed by atoms with Crippen LogP contribution in [0.5, 0.6) is 0 Å². The van der Waals surface area contributed by atoms with E-state index in [1.165, 1.54) is 0 Å². The summed E-state index contributed by atoms with van der Waals surface area (Å²) in [4.78, 5) is 13.3. The molecule has 0 unspecified atom stereocenters. The summed E-state index contributed by atoms with van der Waals surface area (Å²) in [5.41, 5.74) is 6.32. The number of nitrogens with one attached hydrogen (secondary N) is 2. The summed E-state index contributed by atoms with van der Waals surface area (Å²) in [6.07, 6.45) is 0. The number of hydrogen-bond acceptors (Lipinski definition) is 4. The van der Waals surface area contributed by atoms with E-state index in [1.807, 2.05) is 61.7 Å². The van der Waals surface area contributed by atoms with Crippen LogP contribution in [0.1, 0.15) is 27.9 Å². The molecule has 0 atom stereocenters. The number of amides is 1. The van der Waals surface area contributed by atoms with E-state index < -0.39 is 0 Å². The summed E-state index contributed by atoms with van der Waals surface area (Å²) in [5, 5.41) is 13.2. The lowest BCUT2D eigenvalue weighted by molar-refractivity contribution is 0.0949. The fraction of sp³-hybridized carbons (Fsp3) is 0.118. The molecule has 5 nitrogen and oxygen atoms in total. The zero-order valence-corrected chi connectivity index (χ0v) is 13.6. The van der Waals surface area contributed by atoms with Gasteiger partial charge in [-0.05, 0) is 25.3 Å². The third-order valence-corrected chi connectivity index (χ3v) is 4.47. The van der Waals surface area contributed by atoms with Crippen molar-refractivity contribution >= 4 is 23.0 Å². The highest BCUT2D eigenvalue weighted by molar-refractivity contribution is 7.12. The molecule has 3 aromatic rings. The van der Waals surface area contributed by atoms with Crippen molar-refractivity contribution in [3.63, 3.8) is 0 Å². The molecule has 2 heterocycles. The Hall–Kier alpha value is -2.73. The monoisotopic (exact) mass is 324 g/mol. The number of aromatic nitrogens is 2. The molecule has 2 aromatic heterocycles. The van der Waals surface area contributed by atoms with Crippen molar-refractivity contribution in [2.24, 2.45) is 5.10 Å². The first-order valence-electron chi connectivity index (χ1n) is 7.15. The maximum absolute atomic E-state index is 12.3. The Balaban J connectivity index is 1.79. The third kappa shape index (κ3) is 3.22. The molecule has 0 radical (unpaired) electrons. The van der Waals surface area contributed by atoms with Crippen molar-refractivity contribution in [2.45, 2.75) is 13.8 Å². The standard InChI is InChI=1S/C17H16N4OS/c1-11-15(13-7-4-3-5-8-13)19-20-16(11)17(22)21-18-12(2)14-9-6-10-23-14/h3-10H,1-2H3,(H,19,20)(H,21,22). The first kappa shape index (κ1) is 15.2. The lowest BCUT2D eigenvalue weighted by atomic mass is 10.1. The molecular weight excluding hydrogens is 308 g/mol. The Bertz CT molecular complexity index is 835. The lowest BCUT2D eigenvalue weighted by Crippen LogP contribution is -2.20. The number of benzene rings is 1. The maximum Gasteiger partial charge on any atom is 0.289 e. The summed E-state index contributed by atoms with van der Waals surface area (Å²) in [6, 6.07) is 13.7. The Kier molecular flexibility index (Phi) is 4.34. The van der Waals surface area contributed by atoms with Gasteiger partial charge in [0.15, 0.2) is 0 Å². The van der Waals surface area contributed by atoms with Crippen molar-refractivity contribution in [1.29, 1.82) is 0 Å². The molecule has 116 valence electrons. The number of hydrogen-bond donors (Lipinski definition) is 2. The van der Waals surface area contributed by atoms with Gasteiger partial charge in [-0.15, -0.1) is 11.3 Å². The number of carbonyl (C=O) groups excluding carboxylic acids is 1. The minimum Gasteiger partial charge on any atom is -0.272 e. The second-order valence-corrected chi connectivity index (χ2v) is 6.00. The van der Waals surface area contributed by atoms with Crippen LogP contribution in [0, 0.1) is 6.92 Å². The van der Waals surface area contributed by atoms with Crippen LogP contribution in [0.4, 0.5) is 0 Å². The van der Waals surface area contributed by atoms with Crippen LogP contribution in [0.3, 0.4) is 0 Å². The van der Waals surface area contributed by atoms with Gasteiger partial charge < -0.3 is 0 Å². The Morgan fingerprint density at radius 1 is 1.22 bits per heavy atom. The van der Waals surface area contributed by atoms with Crippen LogP contribution < -0.4 is 5.43 Å². The van der Waals surface area contributed by atoms with E-state index in [2.05, 4.69) is 20.7 Å². The molecule has 0 fully saturated rings. The van der Waals surface area contributed by atoms with Crippen molar-refractivity contribution < 1.29 is 4.79 Å². The number of H-pyrrole nitrogens is 1. The highest BCUT2D eigenvalue weighted by Crippen LogP contribution is 2.22. The highest BCUT2D eigenvalue weighted by Gasteiger charge is 2.16. The molecule has 0 bridgehead atoms. The Labute approximate surface area is 138 Å². The average Bonchev–Trinajstić information content (AvgIpc) is 3.23. The van der Waals surface area contributed by atoms with Crippen LogP contribution in [0.25, 0.3) is 11.3 Å². The van der Waals surface area contributed by atoms with Crippen LogP contribution in [-0.2, 0) is 0 Å². The van der Waals surface area contributed by atoms with Gasteiger partial charge in [0.2, 0.25) is 0 Å². The number of aromatic amines is 1. The second kappa shape index (κ2) is 6.58. The summed E-state index contributed by atoms with van der Waals surface area (Å²) in [5.74, 6) is -0.298. The van der Waals surface area contributed by atoms with E-state index in [0.717, 1.165) is 27.4 Å². The van der Waals surface area contributed by atoms with Crippen LogP contribution in [-0.4, -0.2) is 21.8 Å². The molecule has 0 aliphatic rings. The predicted molar refractivity (Wildman–Crippen MR) is 92.8 cm³/mol. The van der Waals surface area contributed by atoms with E-state index >= 15 is 0 Å². The fourth-order valence-corrected chi connectivity index (χ4v) is 2.90. The van der Waals surface area contributed by atoms with E-state index in [4.69, 9.17) is 0 Å². The molecule has 0 aliphatic carbocycles. The maximum atomic E-state index is 12.3. The Morgan fingerprint density at radius 3 is 2.70 bits per heavy atom.